The Morgan fingerprint density at radius 1 is 1.22 bits per heavy atom. The van der Waals surface area contributed by atoms with Crippen LogP contribution in [-0.4, -0.2) is 55.0 Å². The molecule has 0 aliphatic carbocycles. The van der Waals surface area contributed by atoms with E-state index in [4.69, 9.17) is 0 Å². The fraction of sp³-hybridized carbons (Fsp3) is 1.00. The molecular weight excluding hydrogens is 245 g/mol. The van der Waals surface area contributed by atoms with Gasteiger partial charge in [0.05, 0.1) is 13.2 Å². The van der Waals surface area contributed by atoms with E-state index in [9.17, 15) is 18.3 Å². The Morgan fingerprint density at radius 2 is 1.83 bits per heavy atom. The summed E-state index contributed by atoms with van der Waals surface area (Å²) in [5.74, 6) is 0. The van der Waals surface area contributed by atoms with Crippen LogP contribution in [0, 0.1) is 0 Å². The molecule has 0 spiro atoms. The third-order valence-electron chi connectivity index (χ3n) is 2.92. The first kappa shape index (κ1) is 17.7. The highest BCUT2D eigenvalue weighted by Gasteiger charge is 2.29. The molecule has 0 aromatic carbocycles. The number of nitrogens with zero attached hydrogens (tertiary/aromatic N) is 1. The molecule has 3 nitrogen and oxygen atoms in total. The van der Waals surface area contributed by atoms with Crippen molar-refractivity contribution in [3.63, 3.8) is 0 Å². The van der Waals surface area contributed by atoms with Crippen LogP contribution in [0.3, 0.4) is 0 Å². The van der Waals surface area contributed by atoms with E-state index in [1.807, 2.05) is 13.8 Å². The summed E-state index contributed by atoms with van der Waals surface area (Å²) >= 11 is 0. The maximum Gasteiger partial charge on any atom is 0.401 e. The Hall–Kier alpha value is -0.330. The van der Waals surface area contributed by atoms with E-state index in [0.29, 0.717) is 13.0 Å². The first-order chi connectivity index (χ1) is 8.22. The molecule has 0 amide bonds. The summed E-state index contributed by atoms with van der Waals surface area (Å²) in [6.07, 6.45) is -1.87. The van der Waals surface area contributed by atoms with Gasteiger partial charge < -0.3 is 10.4 Å². The van der Waals surface area contributed by atoms with Gasteiger partial charge in [-0.1, -0.05) is 13.3 Å². The largest absolute Gasteiger partial charge is 0.401 e. The monoisotopic (exact) mass is 270 g/mol. The highest BCUT2D eigenvalue weighted by atomic mass is 19.4. The normalized spacial score (nSPS) is 16.0. The second-order valence-corrected chi connectivity index (χ2v) is 5.06. The summed E-state index contributed by atoms with van der Waals surface area (Å²) in [5, 5.41) is 12.4. The molecule has 2 N–H and O–H groups in total. The highest BCUT2D eigenvalue weighted by Crippen LogP contribution is 2.17. The van der Waals surface area contributed by atoms with Gasteiger partial charge in [-0.05, 0) is 39.9 Å². The maximum absolute atomic E-state index is 12.1. The molecule has 0 aliphatic rings. The molecule has 1 unspecified atom stereocenters. The fourth-order valence-corrected chi connectivity index (χ4v) is 1.93. The Kier molecular flexibility index (Phi) is 7.82. The predicted molar refractivity (Wildman–Crippen MR) is 66.6 cm³/mol. The third kappa shape index (κ3) is 8.72. The molecule has 0 radical (unpaired) electrons. The summed E-state index contributed by atoms with van der Waals surface area (Å²) in [4.78, 5) is 1.28. The summed E-state index contributed by atoms with van der Waals surface area (Å²) < 4.78 is 36.2. The van der Waals surface area contributed by atoms with Gasteiger partial charge >= 0.3 is 6.18 Å². The lowest BCUT2D eigenvalue weighted by atomic mass is 9.95. The molecule has 0 rings (SSSR count). The Labute approximate surface area is 107 Å². The van der Waals surface area contributed by atoms with E-state index in [1.165, 1.54) is 11.9 Å². The minimum atomic E-state index is -4.13. The van der Waals surface area contributed by atoms with Gasteiger partial charge in [0.25, 0.3) is 0 Å². The van der Waals surface area contributed by atoms with Crippen molar-refractivity contribution < 1.29 is 18.3 Å². The molecule has 110 valence electrons. The molecule has 18 heavy (non-hydrogen) atoms. The number of halogens is 3. The summed E-state index contributed by atoms with van der Waals surface area (Å²) in [6.45, 7) is 4.26. The number of hydrogen-bond acceptors (Lipinski definition) is 3. The number of nitrogens with one attached hydrogen (secondary N) is 1. The van der Waals surface area contributed by atoms with Gasteiger partial charge in [-0.25, -0.2) is 0 Å². The Morgan fingerprint density at radius 3 is 2.28 bits per heavy atom. The molecule has 0 aromatic heterocycles. The molecule has 0 bridgehead atoms. The number of likely N-dealkylation sites (N-methyl/N-ethyl adjacent to an activating group) is 1. The third-order valence-corrected chi connectivity index (χ3v) is 2.92. The van der Waals surface area contributed by atoms with Crippen LogP contribution < -0.4 is 5.32 Å². The average molecular weight is 270 g/mol. The van der Waals surface area contributed by atoms with Crippen molar-refractivity contribution in [1.29, 1.82) is 0 Å². The van der Waals surface area contributed by atoms with Crippen LogP contribution in [0.4, 0.5) is 13.2 Å². The minimum Gasteiger partial charge on any atom is -0.394 e. The van der Waals surface area contributed by atoms with Gasteiger partial charge in [0.1, 0.15) is 0 Å². The molecular formula is C12H25F3N2O. The molecule has 0 aliphatic heterocycles. The van der Waals surface area contributed by atoms with Gasteiger partial charge in [0.15, 0.2) is 0 Å². The van der Waals surface area contributed by atoms with Crippen molar-refractivity contribution in [3.05, 3.63) is 0 Å². The second kappa shape index (κ2) is 7.96. The predicted octanol–water partition coefficient (Wildman–Crippen LogP) is 2.01. The molecule has 0 fully saturated rings. The van der Waals surface area contributed by atoms with Crippen LogP contribution in [0.5, 0.6) is 0 Å². The van der Waals surface area contributed by atoms with Crippen molar-refractivity contribution in [2.75, 3.05) is 33.3 Å². The molecule has 0 saturated carbocycles. The highest BCUT2D eigenvalue weighted by molar-refractivity contribution is 4.81. The lowest BCUT2D eigenvalue weighted by Crippen LogP contribution is -2.45. The smallest absolute Gasteiger partial charge is 0.394 e. The van der Waals surface area contributed by atoms with Crippen molar-refractivity contribution in [2.45, 2.75) is 44.8 Å². The summed E-state index contributed by atoms with van der Waals surface area (Å²) in [6, 6.07) is 0. The average Bonchev–Trinajstić information content (AvgIpc) is 2.22. The van der Waals surface area contributed by atoms with Crippen LogP contribution in [0.15, 0.2) is 0 Å². The van der Waals surface area contributed by atoms with Crippen molar-refractivity contribution in [1.82, 2.24) is 10.2 Å². The van der Waals surface area contributed by atoms with E-state index in [0.717, 1.165) is 19.4 Å². The van der Waals surface area contributed by atoms with Crippen LogP contribution in [0.25, 0.3) is 0 Å². The SMILES string of the molecule is CCNC(C)(CO)CCCCN(C)CC(F)(F)F. The van der Waals surface area contributed by atoms with Crippen LogP contribution in [0.2, 0.25) is 0 Å². The minimum absolute atomic E-state index is 0.0409. The van der Waals surface area contributed by atoms with Gasteiger partial charge in [-0.2, -0.15) is 13.2 Å². The molecule has 6 heteroatoms. The van der Waals surface area contributed by atoms with Gasteiger partial charge in [0, 0.05) is 5.54 Å². The van der Waals surface area contributed by atoms with E-state index in [2.05, 4.69) is 5.32 Å². The lowest BCUT2D eigenvalue weighted by molar-refractivity contribution is -0.143. The zero-order valence-corrected chi connectivity index (χ0v) is 11.5. The standard InChI is InChI=1S/C12H25F3N2O/c1-4-16-11(2,10-18)7-5-6-8-17(3)9-12(13,14)15/h16,18H,4-10H2,1-3H3. The lowest BCUT2D eigenvalue weighted by Gasteiger charge is -2.28. The van der Waals surface area contributed by atoms with Gasteiger partial charge in [-0.3, -0.25) is 4.90 Å². The van der Waals surface area contributed by atoms with Gasteiger partial charge in [-0.15, -0.1) is 0 Å². The zero-order valence-electron chi connectivity index (χ0n) is 11.5. The maximum atomic E-state index is 12.1. The van der Waals surface area contributed by atoms with Crippen LogP contribution >= 0.6 is 0 Å². The Bertz CT molecular complexity index is 224. The van der Waals surface area contributed by atoms with Crippen LogP contribution in [0.1, 0.15) is 33.1 Å². The van der Waals surface area contributed by atoms with E-state index in [-0.39, 0.29) is 12.1 Å². The topological polar surface area (TPSA) is 35.5 Å². The van der Waals surface area contributed by atoms with E-state index >= 15 is 0 Å². The first-order valence-corrected chi connectivity index (χ1v) is 6.33. The van der Waals surface area contributed by atoms with Gasteiger partial charge in [0.2, 0.25) is 0 Å². The van der Waals surface area contributed by atoms with Crippen LogP contribution in [-0.2, 0) is 0 Å². The Balaban J connectivity index is 3.78. The number of aliphatic hydroxyl groups excluding tert-OH is 1. The number of rotatable bonds is 9. The second-order valence-electron chi connectivity index (χ2n) is 5.06. The van der Waals surface area contributed by atoms with Crippen molar-refractivity contribution >= 4 is 0 Å². The number of unbranched alkanes of at least 4 members (excludes halogenated alkanes) is 1. The van der Waals surface area contributed by atoms with E-state index in [1.54, 1.807) is 0 Å². The zero-order chi connectivity index (χ0) is 14.2. The van der Waals surface area contributed by atoms with Crippen molar-refractivity contribution in [2.24, 2.45) is 0 Å². The summed E-state index contributed by atoms with van der Waals surface area (Å²) in [5.41, 5.74) is -0.322. The fourth-order valence-electron chi connectivity index (χ4n) is 1.93. The molecule has 0 heterocycles. The summed E-state index contributed by atoms with van der Waals surface area (Å²) in [7, 11) is 1.48. The quantitative estimate of drug-likeness (QED) is 0.629. The van der Waals surface area contributed by atoms with Crippen molar-refractivity contribution in [3.8, 4) is 0 Å². The number of alkyl halides is 3. The molecule has 0 aromatic rings. The van der Waals surface area contributed by atoms with E-state index < -0.39 is 12.7 Å². The molecule has 1 atom stereocenters. The number of aliphatic hydroxyl groups is 1. The first-order valence-electron chi connectivity index (χ1n) is 6.33. The number of hydrogen-bond donors (Lipinski definition) is 2. The molecule has 0 saturated heterocycles.